The van der Waals surface area contributed by atoms with Gasteiger partial charge in [-0.25, -0.2) is 0 Å². The Bertz CT molecular complexity index is 1230. The van der Waals surface area contributed by atoms with Gasteiger partial charge in [-0.3, -0.25) is 0 Å². The average Bonchev–Trinajstić information content (AvgIpc) is 3.46. The lowest BCUT2D eigenvalue weighted by molar-refractivity contribution is -0.380. The maximum absolute atomic E-state index is 5.93. The molecule has 0 aromatic carbocycles. The first kappa shape index (κ1) is 80.8. The van der Waals surface area contributed by atoms with Gasteiger partial charge in [0.2, 0.25) is 0 Å². The highest BCUT2D eigenvalue weighted by Crippen LogP contribution is 2.45. The van der Waals surface area contributed by atoms with E-state index < -0.39 is 17.9 Å². The van der Waals surface area contributed by atoms with Crippen molar-refractivity contribution < 1.29 is 42.6 Å². The molecule has 0 amide bonds. The highest BCUT2D eigenvalue weighted by Gasteiger charge is 2.34. The van der Waals surface area contributed by atoms with Crippen LogP contribution in [0.25, 0.3) is 0 Å². The molecule has 1 aliphatic carbocycles. The van der Waals surface area contributed by atoms with Crippen LogP contribution in [0.3, 0.4) is 0 Å². The zero-order chi connectivity index (χ0) is 58.9. The molecular formula is C66H132O9S6. The lowest BCUT2D eigenvalue weighted by atomic mass is 9.70. The monoisotopic (exact) mass is 1260 g/mol. The third kappa shape index (κ3) is 44.8. The Labute approximate surface area is 526 Å². The predicted molar refractivity (Wildman–Crippen MR) is 364 cm³/mol. The minimum absolute atomic E-state index is 0.611. The van der Waals surface area contributed by atoms with Gasteiger partial charge < -0.3 is 42.6 Å². The molecule has 1 aliphatic rings. The first-order valence-electron chi connectivity index (χ1n) is 34.4. The van der Waals surface area contributed by atoms with E-state index in [-0.39, 0.29) is 0 Å². The van der Waals surface area contributed by atoms with Crippen molar-refractivity contribution in [3.8, 4) is 0 Å². The van der Waals surface area contributed by atoms with Crippen molar-refractivity contribution >= 4 is 62.8 Å². The second-order valence-electron chi connectivity index (χ2n) is 22.4. The molecule has 0 heterocycles. The summed E-state index contributed by atoms with van der Waals surface area (Å²) >= 11 is 0. The minimum atomic E-state index is -0.845. The Morgan fingerprint density at radius 1 is 0.259 bits per heavy atom. The van der Waals surface area contributed by atoms with E-state index in [9.17, 15) is 0 Å². The summed E-state index contributed by atoms with van der Waals surface area (Å²) in [6.45, 7) is 23.7. The van der Waals surface area contributed by atoms with E-state index in [0.717, 1.165) is 56.3 Å². The molecule has 1 rings (SSSR count). The van der Waals surface area contributed by atoms with Crippen molar-refractivity contribution in [2.24, 2.45) is 17.8 Å². The number of rotatable bonds is 66. The average molecular weight is 1260 g/mol. The Balaban J connectivity index is 2.32. The van der Waals surface area contributed by atoms with E-state index in [0.29, 0.717) is 59.5 Å². The zero-order valence-electron chi connectivity index (χ0n) is 54.4. The quantitative estimate of drug-likeness (QED) is 0.0329. The zero-order valence-corrected chi connectivity index (χ0v) is 59.3. The minimum Gasteiger partial charge on any atom is -0.328 e. The van der Waals surface area contributed by atoms with Crippen molar-refractivity contribution in [2.75, 3.05) is 82.5 Å². The van der Waals surface area contributed by atoms with Crippen molar-refractivity contribution in [3.63, 3.8) is 0 Å². The first-order chi connectivity index (χ1) is 39.8. The molecule has 486 valence electrons. The highest BCUT2D eigenvalue weighted by molar-refractivity contribution is 9.09. The van der Waals surface area contributed by atoms with E-state index in [4.69, 9.17) is 42.6 Å². The van der Waals surface area contributed by atoms with Crippen molar-refractivity contribution in [1.29, 1.82) is 0 Å². The van der Waals surface area contributed by atoms with Crippen molar-refractivity contribution in [2.45, 2.75) is 324 Å². The maximum atomic E-state index is 5.93. The lowest BCUT2D eigenvalue weighted by Crippen LogP contribution is -2.39. The number of hydrogen-bond donors (Lipinski definition) is 0. The van der Waals surface area contributed by atoms with Gasteiger partial charge in [-0.1, -0.05) is 210 Å². The molecule has 0 saturated heterocycles. The second kappa shape index (κ2) is 59.4. The molecule has 0 aromatic heterocycles. The molecular weight excluding hydrogens is 1130 g/mol. The Kier molecular flexibility index (Phi) is 59.2. The Morgan fingerprint density at radius 2 is 0.506 bits per heavy atom. The smallest absolute Gasteiger partial charge is 0.282 e. The summed E-state index contributed by atoms with van der Waals surface area (Å²) in [7, 11) is 12.7. The van der Waals surface area contributed by atoms with Crippen LogP contribution in [0.4, 0.5) is 0 Å². The van der Waals surface area contributed by atoms with Gasteiger partial charge in [-0.15, -0.1) is 0 Å². The first-order valence-corrected chi connectivity index (χ1v) is 42.0. The Hall–Kier alpha value is 1.74. The summed E-state index contributed by atoms with van der Waals surface area (Å²) in [5.74, 6) is 5.53. The third-order valence-electron chi connectivity index (χ3n) is 15.9. The Morgan fingerprint density at radius 3 is 0.802 bits per heavy atom. The standard InChI is InChI=1S/C66H132O9S6/c1-10-67-64(68-11-2,69-12-3)53-43-37-31-25-19-21-28-34-40-46-56-76-80-78-58-51-62-50-49-61(48-42-36-30-24-23-27-33-39-45-55-66(73-16-7,74-17-8)75-18-9)60-63(62)52-59-79-81-77-57-47-41-35-29-22-20-26-32-38-44-54-65(70-13-4,71-14-5)72-15-6/h61-63H,10-60H2,1-9H3. The van der Waals surface area contributed by atoms with Crippen molar-refractivity contribution in [3.05, 3.63) is 0 Å². The fourth-order valence-corrected chi connectivity index (χ4v) is 19.9. The van der Waals surface area contributed by atoms with Crippen LogP contribution in [0.1, 0.15) is 306 Å². The van der Waals surface area contributed by atoms with Gasteiger partial charge in [0.25, 0.3) is 17.9 Å². The van der Waals surface area contributed by atoms with Crippen LogP contribution in [-0.2, 0) is 42.6 Å². The van der Waals surface area contributed by atoms with Crippen LogP contribution in [0.5, 0.6) is 0 Å². The second-order valence-corrected chi connectivity index (χ2v) is 31.4. The SMILES string of the molecule is CCOC(CCCCCCCCCCCCSSSCCC1CCC(CCCCCCCCCCCC(OCC)(OCC)OCC)CC1CCSSSCCCCCCCCCCCCC(OCC)(OCC)OCC)(OCC)OCC. The van der Waals surface area contributed by atoms with E-state index in [1.165, 1.54) is 228 Å². The molecule has 0 N–H and O–H groups in total. The van der Waals surface area contributed by atoms with Gasteiger partial charge in [0, 0.05) is 102 Å². The van der Waals surface area contributed by atoms with Gasteiger partial charge >= 0.3 is 0 Å². The van der Waals surface area contributed by atoms with Gasteiger partial charge in [-0.05, 0) is 158 Å². The predicted octanol–water partition coefficient (Wildman–Crippen LogP) is 23.0. The number of ether oxygens (including phenoxy) is 9. The topological polar surface area (TPSA) is 83.1 Å². The van der Waals surface area contributed by atoms with E-state index in [2.05, 4.69) is 62.8 Å². The summed E-state index contributed by atoms with van der Waals surface area (Å²) in [6, 6.07) is 0. The van der Waals surface area contributed by atoms with E-state index >= 15 is 0 Å². The van der Waals surface area contributed by atoms with E-state index in [1.807, 2.05) is 62.3 Å². The molecule has 1 fully saturated rings. The van der Waals surface area contributed by atoms with Gasteiger partial charge in [0.1, 0.15) is 0 Å². The number of hydrogen-bond acceptors (Lipinski definition) is 15. The molecule has 1 saturated carbocycles. The summed E-state index contributed by atoms with van der Waals surface area (Å²) in [5.41, 5.74) is 0. The highest BCUT2D eigenvalue weighted by atomic mass is 33.5. The van der Waals surface area contributed by atoms with Crippen LogP contribution in [-0.4, -0.2) is 100 Å². The summed E-state index contributed by atoms with van der Waals surface area (Å²) in [5, 5.41) is 0. The molecule has 0 aliphatic heterocycles. The van der Waals surface area contributed by atoms with Gasteiger partial charge in [-0.2, -0.15) is 0 Å². The molecule has 0 bridgehead atoms. The number of unbranched alkanes of at least 4 members (excludes halogenated alkanes) is 26. The lowest BCUT2D eigenvalue weighted by Gasteiger charge is -2.36. The molecule has 0 spiro atoms. The fourth-order valence-electron chi connectivity index (χ4n) is 11.9. The van der Waals surface area contributed by atoms with Crippen molar-refractivity contribution in [1.82, 2.24) is 0 Å². The molecule has 0 radical (unpaired) electrons. The summed E-state index contributed by atoms with van der Waals surface area (Å²) in [4.78, 5) is 0. The van der Waals surface area contributed by atoms with Gasteiger partial charge in [0.15, 0.2) is 0 Å². The van der Waals surface area contributed by atoms with Crippen LogP contribution < -0.4 is 0 Å². The summed E-state index contributed by atoms with van der Waals surface area (Å²) in [6.07, 6.45) is 49.7. The molecule has 9 nitrogen and oxygen atoms in total. The molecule has 3 unspecified atom stereocenters. The van der Waals surface area contributed by atoms with Crippen LogP contribution in [0.15, 0.2) is 0 Å². The van der Waals surface area contributed by atoms with Gasteiger partial charge in [0.05, 0.1) is 0 Å². The normalized spacial score (nSPS) is 16.3. The van der Waals surface area contributed by atoms with E-state index in [1.54, 1.807) is 0 Å². The fraction of sp³-hybridized carbons (Fsp3) is 1.00. The largest absolute Gasteiger partial charge is 0.328 e. The maximum Gasteiger partial charge on any atom is 0.282 e. The van der Waals surface area contributed by atoms with Crippen LogP contribution >= 0.6 is 62.8 Å². The van der Waals surface area contributed by atoms with Crippen LogP contribution in [0.2, 0.25) is 0 Å². The molecule has 0 aromatic rings. The molecule has 15 heteroatoms. The molecule has 3 atom stereocenters. The van der Waals surface area contributed by atoms with Crippen LogP contribution in [0, 0.1) is 17.8 Å². The molecule has 81 heavy (non-hydrogen) atoms. The third-order valence-corrected chi connectivity index (χ3v) is 24.6. The summed E-state index contributed by atoms with van der Waals surface area (Å²) < 4.78 is 53.1.